The highest BCUT2D eigenvalue weighted by Crippen LogP contribution is 2.44. The number of urea groups is 1. The number of hydrogen-bond donors (Lipinski definition) is 1. The molecule has 0 saturated carbocycles. The maximum Gasteiger partial charge on any atom is 0.318 e. The van der Waals surface area contributed by atoms with Crippen LogP contribution in [0.15, 0.2) is 72.9 Å². The van der Waals surface area contributed by atoms with E-state index in [1.807, 2.05) is 53.5 Å². The Morgan fingerprint density at radius 3 is 2.62 bits per heavy atom. The smallest absolute Gasteiger partial charge is 0.318 e. The molecule has 1 aliphatic heterocycles. The van der Waals surface area contributed by atoms with Crippen molar-refractivity contribution in [1.29, 1.82) is 0 Å². The molecule has 6 heteroatoms. The van der Waals surface area contributed by atoms with Gasteiger partial charge >= 0.3 is 6.03 Å². The fraction of sp³-hybridized carbons (Fsp3) is 0.323. The van der Waals surface area contributed by atoms with Gasteiger partial charge < -0.3 is 19.5 Å². The average Bonchev–Trinajstić information content (AvgIpc) is 3.52. The summed E-state index contributed by atoms with van der Waals surface area (Å²) in [5, 5.41) is 4.52. The Morgan fingerprint density at radius 2 is 1.81 bits per heavy atom. The molecule has 0 fully saturated rings. The number of hydrogen-bond acceptors (Lipinski definition) is 3. The second-order valence-corrected chi connectivity index (χ2v) is 10.9. The third-order valence-electron chi connectivity index (χ3n) is 7.48. The van der Waals surface area contributed by atoms with Crippen LogP contribution in [-0.4, -0.2) is 28.6 Å². The molecule has 3 heterocycles. The number of carbonyl (C=O) groups excluding carboxylic acids is 1. The van der Waals surface area contributed by atoms with Crippen molar-refractivity contribution in [3.63, 3.8) is 0 Å². The van der Waals surface area contributed by atoms with E-state index < -0.39 is 0 Å². The van der Waals surface area contributed by atoms with Gasteiger partial charge in [-0.05, 0) is 80.0 Å². The lowest BCUT2D eigenvalue weighted by molar-refractivity contribution is 0.180. The fourth-order valence-corrected chi connectivity index (χ4v) is 7.11. The van der Waals surface area contributed by atoms with Gasteiger partial charge in [-0.1, -0.05) is 42.5 Å². The monoisotopic (exact) mass is 511 g/mol. The maximum atomic E-state index is 13.9. The number of nitrogens with zero attached hydrogens (tertiary/aromatic N) is 2. The zero-order valence-corrected chi connectivity index (χ0v) is 22.1. The summed E-state index contributed by atoms with van der Waals surface area (Å²) in [5.74, 6) is 0.849. The molecule has 1 atom stereocenters. The minimum Gasteiger partial charge on any atom is -0.494 e. The molecule has 2 amide bonds. The largest absolute Gasteiger partial charge is 0.494 e. The Balaban J connectivity index is 1.37. The summed E-state index contributed by atoms with van der Waals surface area (Å²) < 4.78 is 8.03. The maximum absolute atomic E-state index is 13.9. The Bertz CT molecular complexity index is 1370. The van der Waals surface area contributed by atoms with E-state index in [0.717, 1.165) is 36.3 Å². The molecule has 1 aliphatic carbocycles. The summed E-state index contributed by atoms with van der Waals surface area (Å²) in [6.07, 6.45) is 7.70. The van der Waals surface area contributed by atoms with Crippen LogP contribution in [0.5, 0.6) is 5.75 Å². The van der Waals surface area contributed by atoms with Crippen LogP contribution in [0, 0.1) is 0 Å². The summed E-state index contributed by atoms with van der Waals surface area (Å²) in [5.41, 5.74) is 6.24. The molecule has 0 unspecified atom stereocenters. The Kier molecular flexibility index (Phi) is 6.75. The van der Waals surface area contributed by atoms with Crippen LogP contribution in [0.25, 0.3) is 5.00 Å². The SMILES string of the molecule is CCOc1ccc([C@@H]2c3cccn3-c3sc4c(c3CN2C(=O)NCCc2ccccc2)CCCC4)cc1. The van der Waals surface area contributed by atoms with Gasteiger partial charge in [-0.15, -0.1) is 11.3 Å². The summed E-state index contributed by atoms with van der Waals surface area (Å²) in [6.45, 7) is 3.84. The Morgan fingerprint density at radius 1 is 1.00 bits per heavy atom. The van der Waals surface area contributed by atoms with E-state index in [0.29, 0.717) is 19.7 Å². The van der Waals surface area contributed by atoms with Gasteiger partial charge in [0, 0.05) is 23.2 Å². The molecule has 6 rings (SSSR count). The summed E-state index contributed by atoms with van der Waals surface area (Å²) in [6, 6.07) is 22.6. The predicted molar refractivity (Wildman–Crippen MR) is 149 cm³/mol. The van der Waals surface area contributed by atoms with Gasteiger partial charge in [0.05, 0.1) is 24.9 Å². The number of aryl methyl sites for hydroxylation is 1. The highest BCUT2D eigenvalue weighted by molar-refractivity contribution is 7.15. The van der Waals surface area contributed by atoms with Gasteiger partial charge in [-0.25, -0.2) is 4.79 Å². The van der Waals surface area contributed by atoms with Crippen molar-refractivity contribution in [3.8, 4) is 10.8 Å². The number of carbonyl (C=O) groups is 1. The van der Waals surface area contributed by atoms with E-state index in [9.17, 15) is 4.79 Å². The first-order valence-electron chi connectivity index (χ1n) is 13.3. The minimum atomic E-state index is -0.193. The number of amides is 2. The Labute approximate surface area is 222 Å². The van der Waals surface area contributed by atoms with Gasteiger partial charge in [0.25, 0.3) is 0 Å². The second-order valence-electron chi connectivity index (χ2n) is 9.80. The van der Waals surface area contributed by atoms with Crippen molar-refractivity contribution in [2.45, 2.75) is 51.6 Å². The average molecular weight is 512 g/mol. The van der Waals surface area contributed by atoms with Gasteiger partial charge in [0.2, 0.25) is 0 Å². The third-order valence-corrected chi connectivity index (χ3v) is 8.81. The van der Waals surface area contributed by atoms with E-state index in [1.165, 1.54) is 39.4 Å². The quantitative estimate of drug-likeness (QED) is 0.314. The summed E-state index contributed by atoms with van der Waals surface area (Å²) in [4.78, 5) is 17.5. The molecule has 190 valence electrons. The zero-order valence-electron chi connectivity index (χ0n) is 21.3. The molecule has 2 aromatic heterocycles. The van der Waals surface area contributed by atoms with Crippen molar-refractivity contribution in [2.24, 2.45) is 0 Å². The first-order valence-corrected chi connectivity index (χ1v) is 14.2. The normalized spacial score (nSPS) is 16.4. The van der Waals surface area contributed by atoms with Crippen LogP contribution in [-0.2, 0) is 25.8 Å². The first-order chi connectivity index (χ1) is 18.2. The van der Waals surface area contributed by atoms with Crippen LogP contribution in [0.4, 0.5) is 4.79 Å². The summed E-state index contributed by atoms with van der Waals surface area (Å²) in [7, 11) is 0. The minimum absolute atomic E-state index is 0.0221. The number of ether oxygens (including phenoxy) is 1. The van der Waals surface area contributed by atoms with Crippen LogP contribution in [0.1, 0.15) is 58.6 Å². The molecule has 0 bridgehead atoms. The number of benzene rings is 2. The number of thiophene rings is 1. The van der Waals surface area contributed by atoms with Crippen LogP contribution >= 0.6 is 11.3 Å². The number of rotatable bonds is 6. The molecule has 1 N–H and O–H groups in total. The lowest BCUT2D eigenvalue weighted by Gasteiger charge is -2.31. The summed E-state index contributed by atoms with van der Waals surface area (Å²) >= 11 is 1.92. The molecular formula is C31H33N3O2S. The van der Waals surface area contributed by atoms with Crippen molar-refractivity contribution < 1.29 is 9.53 Å². The fourth-order valence-electron chi connectivity index (χ4n) is 5.71. The topological polar surface area (TPSA) is 46.5 Å². The van der Waals surface area contributed by atoms with E-state index in [2.05, 4.69) is 52.5 Å². The van der Waals surface area contributed by atoms with Gasteiger partial charge in [-0.2, -0.15) is 0 Å². The lowest BCUT2D eigenvalue weighted by Crippen LogP contribution is -2.42. The number of aromatic nitrogens is 1. The van der Waals surface area contributed by atoms with Crippen molar-refractivity contribution >= 4 is 17.4 Å². The van der Waals surface area contributed by atoms with Crippen molar-refractivity contribution in [1.82, 2.24) is 14.8 Å². The van der Waals surface area contributed by atoms with Crippen LogP contribution in [0.3, 0.4) is 0 Å². The molecule has 2 aromatic carbocycles. The van der Waals surface area contributed by atoms with Gasteiger partial charge in [0.15, 0.2) is 0 Å². The van der Waals surface area contributed by atoms with E-state index in [1.54, 1.807) is 0 Å². The Hall–Kier alpha value is -3.51. The third kappa shape index (κ3) is 4.66. The molecular weight excluding hydrogens is 478 g/mol. The van der Waals surface area contributed by atoms with E-state index in [4.69, 9.17) is 4.74 Å². The highest BCUT2D eigenvalue weighted by Gasteiger charge is 2.36. The molecule has 4 aromatic rings. The van der Waals surface area contributed by atoms with Crippen LogP contribution < -0.4 is 10.1 Å². The van der Waals surface area contributed by atoms with Gasteiger partial charge in [-0.3, -0.25) is 0 Å². The molecule has 0 spiro atoms. The molecule has 5 nitrogen and oxygen atoms in total. The molecule has 0 saturated heterocycles. The van der Waals surface area contributed by atoms with Gasteiger partial charge in [0.1, 0.15) is 10.8 Å². The van der Waals surface area contributed by atoms with E-state index >= 15 is 0 Å². The molecule has 0 radical (unpaired) electrons. The zero-order chi connectivity index (χ0) is 25.2. The standard InChI is InChI=1S/C31H33N3O2S/c1-2-36-24-16-14-23(15-17-24)29-27-12-8-20-33(27)30-26(25-11-6-7-13-28(25)37-30)21-34(29)31(35)32-19-18-22-9-4-3-5-10-22/h3-5,8-10,12,14-17,20,29H,2,6-7,11,13,18-19,21H2,1H3,(H,32,35)/t29-/m1/s1. The number of nitrogens with one attached hydrogen (secondary N) is 1. The van der Waals surface area contributed by atoms with Crippen molar-refractivity contribution in [3.05, 3.63) is 106 Å². The van der Waals surface area contributed by atoms with Crippen LogP contribution in [0.2, 0.25) is 0 Å². The predicted octanol–water partition coefficient (Wildman–Crippen LogP) is 6.67. The van der Waals surface area contributed by atoms with E-state index in [-0.39, 0.29) is 12.1 Å². The highest BCUT2D eigenvalue weighted by atomic mass is 32.1. The first kappa shape index (κ1) is 23.9. The number of fused-ring (bicyclic) bond motifs is 5. The van der Waals surface area contributed by atoms with Crippen molar-refractivity contribution in [2.75, 3.05) is 13.2 Å². The molecule has 37 heavy (non-hydrogen) atoms. The molecule has 2 aliphatic rings. The second kappa shape index (κ2) is 10.5. The lowest BCUT2D eigenvalue weighted by atomic mass is 9.95.